The van der Waals surface area contributed by atoms with Crippen LogP contribution in [0.3, 0.4) is 0 Å². The highest BCUT2D eigenvalue weighted by Gasteiger charge is 2.28. The molecule has 3 aliphatic rings. The van der Waals surface area contributed by atoms with Crippen molar-refractivity contribution in [3.63, 3.8) is 0 Å². The molecule has 5 heteroatoms. The smallest absolute Gasteiger partial charge is 0.0903 e. The molecule has 0 saturated carbocycles. The molecule has 0 atom stereocenters. The zero-order chi connectivity index (χ0) is 21.7. The van der Waals surface area contributed by atoms with Gasteiger partial charge in [0.15, 0.2) is 0 Å². The summed E-state index contributed by atoms with van der Waals surface area (Å²) in [6, 6.07) is 21.3. The summed E-state index contributed by atoms with van der Waals surface area (Å²) in [6.45, 7) is 5.01. The van der Waals surface area contributed by atoms with Crippen molar-refractivity contribution in [2.24, 2.45) is 9.98 Å². The summed E-state index contributed by atoms with van der Waals surface area (Å²) in [5, 5.41) is 0. The van der Waals surface area contributed by atoms with Crippen molar-refractivity contribution in [3.05, 3.63) is 77.4 Å². The van der Waals surface area contributed by atoms with E-state index >= 15 is 0 Å². The lowest BCUT2D eigenvalue weighted by Gasteiger charge is -2.34. The van der Waals surface area contributed by atoms with E-state index in [4.69, 9.17) is 15.7 Å². The summed E-state index contributed by atoms with van der Waals surface area (Å²) in [5.74, 6) is 0. The molecule has 0 amide bonds. The van der Waals surface area contributed by atoms with Gasteiger partial charge in [0.2, 0.25) is 0 Å². The van der Waals surface area contributed by atoms with Gasteiger partial charge in [0.1, 0.15) is 0 Å². The predicted molar refractivity (Wildman–Crippen MR) is 133 cm³/mol. The van der Waals surface area contributed by atoms with Gasteiger partial charge in [0.25, 0.3) is 0 Å². The number of hydrogen-bond acceptors (Lipinski definition) is 5. The highest BCUT2D eigenvalue weighted by atomic mass is 15.3. The zero-order valence-corrected chi connectivity index (χ0v) is 18.4. The maximum absolute atomic E-state index is 5.85. The van der Waals surface area contributed by atoms with Crippen LogP contribution in [0.4, 0.5) is 17.1 Å². The number of likely N-dealkylation sites (N-methyl/N-ethyl adjacent to an activating group) is 1. The van der Waals surface area contributed by atoms with Crippen LogP contribution < -0.4 is 10.6 Å². The lowest BCUT2D eigenvalue weighted by Crippen LogP contribution is -2.44. The molecule has 0 aliphatic carbocycles. The largest absolute Gasteiger partial charge is 0.399 e. The van der Waals surface area contributed by atoms with Gasteiger partial charge in [0, 0.05) is 43.9 Å². The van der Waals surface area contributed by atoms with Gasteiger partial charge in [-0.15, -0.1) is 0 Å². The Labute approximate surface area is 188 Å². The number of nitrogen functional groups attached to an aromatic ring is 1. The molecule has 3 aromatic carbocycles. The van der Waals surface area contributed by atoms with Crippen molar-refractivity contribution in [3.8, 4) is 11.1 Å². The molecule has 160 valence electrons. The van der Waals surface area contributed by atoms with E-state index in [0.717, 1.165) is 55.4 Å². The summed E-state index contributed by atoms with van der Waals surface area (Å²) in [6.07, 6.45) is 0.856. The molecule has 0 bridgehead atoms. The summed E-state index contributed by atoms with van der Waals surface area (Å²) in [5.41, 5.74) is 17.4. The lowest BCUT2D eigenvalue weighted by atomic mass is 9.96. The van der Waals surface area contributed by atoms with E-state index < -0.39 is 0 Å². The summed E-state index contributed by atoms with van der Waals surface area (Å²) < 4.78 is 0. The average molecular weight is 422 g/mol. The molecule has 32 heavy (non-hydrogen) atoms. The fourth-order valence-corrected chi connectivity index (χ4v) is 4.95. The molecular weight excluding hydrogens is 394 g/mol. The van der Waals surface area contributed by atoms with Gasteiger partial charge in [-0.3, -0.25) is 4.99 Å². The molecule has 0 radical (unpaired) electrons. The van der Waals surface area contributed by atoms with Crippen molar-refractivity contribution >= 4 is 28.5 Å². The first kappa shape index (κ1) is 19.3. The van der Waals surface area contributed by atoms with Crippen LogP contribution in [0.2, 0.25) is 0 Å². The summed E-state index contributed by atoms with van der Waals surface area (Å²) >= 11 is 0. The number of aliphatic imine (C=N–C) groups is 2. The van der Waals surface area contributed by atoms with Gasteiger partial charge in [-0.05, 0) is 53.6 Å². The van der Waals surface area contributed by atoms with Crippen LogP contribution >= 0.6 is 0 Å². The van der Waals surface area contributed by atoms with Gasteiger partial charge in [-0.25, -0.2) is 4.99 Å². The van der Waals surface area contributed by atoms with E-state index in [1.807, 2.05) is 12.1 Å². The fourth-order valence-electron chi connectivity index (χ4n) is 4.95. The van der Waals surface area contributed by atoms with Gasteiger partial charge < -0.3 is 15.5 Å². The van der Waals surface area contributed by atoms with E-state index in [0.29, 0.717) is 6.54 Å². The molecule has 2 N–H and O–H groups in total. The third-order valence-electron chi connectivity index (χ3n) is 6.83. The Morgan fingerprint density at radius 2 is 1.62 bits per heavy atom. The van der Waals surface area contributed by atoms with Crippen molar-refractivity contribution < 1.29 is 0 Å². The molecule has 0 unspecified atom stereocenters. The molecule has 0 spiro atoms. The molecular formula is C27H27N5. The van der Waals surface area contributed by atoms with Crippen molar-refractivity contribution in [2.45, 2.75) is 13.0 Å². The number of piperazine rings is 1. The van der Waals surface area contributed by atoms with E-state index in [1.165, 1.54) is 33.5 Å². The van der Waals surface area contributed by atoms with Gasteiger partial charge >= 0.3 is 0 Å². The maximum atomic E-state index is 5.85. The lowest BCUT2D eigenvalue weighted by molar-refractivity contribution is 0.313. The third kappa shape index (κ3) is 3.30. The normalized spacial score (nSPS) is 17.7. The number of fused-ring (bicyclic) bond motifs is 2. The number of nitrogens with zero attached hydrogens (tertiary/aromatic N) is 4. The summed E-state index contributed by atoms with van der Waals surface area (Å²) in [7, 11) is 2.19. The predicted octanol–water partition coefficient (Wildman–Crippen LogP) is 4.32. The molecule has 3 heterocycles. The van der Waals surface area contributed by atoms with Crippen LogP contribution in [0.15, 0.2) is 70.6 Å². The fraction of sp³-hybridized carbons (Fsp3) is 0.259. The monoisotopic (exact) mass is 421 g/mol. The first-order valence-corrected chi connectivity index (χ1v) is 11.3. The molecule has 1 fully saturated rings. The Hall–Kier alpha value is -3.44. The minimum atomic E-state index is 0.716. The zero-order valence-electron chi connectivity index (χ0n) is 18.4. The Balaban J connectivity index is 1.29. The van der Waals surface area contributed by atoms with Crippen LogP contribution in [0.5, 0.6) is 0 Å². The molecule has 0 aromatic heterocycles. The number of para-hydroxylation sites is 1. The molecule has 1 saturated heterocycles. The molecule has 3 aliphatic heterocycles. The standard InChI is InChI=1S/C27H27N5/c1-31-11-13-32(14-12-31)25-4-2-3-20-16-24(30-26(20)25)27-23-10-7-19(15-21(23)17-29-27)18-5-8-22(28)9-6-18/h2-10,15H,11-14,16-17,28H2,1H3. The van der Waals surface area contributed by atoms with Crippen LogP contribution in [-0.2, 0) is 13.0 Å². The van der Waals surface area contributed by atoms with E-state index in [2.05, 4.69) is 65.4 Å². The number of hydrogen-bond donors (Lipinski definition) is 1. The summed E-state index contributed by atoms with van der Waals surface area (Å²) in [4.78, 5) is 14.9. The van der Waals surface area contributed by atoms with Gasteiger partial charge in [-0.1, -0.05) is 36.4 Å². The second-order valence-corrected chi connectivity index (χ2v) is 8.97. The average Bonchev–Trinajstić information content (AvgIpc) is 3.43. The molecule has 6 rings (SSSR count). The number of anilines is 2. The Kier molecular flexibility index (Phi) is 4.58. The minimum absolute atomic E-state index is 0.716. The Morgan fingerprint density at radius 3 is 2.44 bits per heavy atom. The first-order valence-electron chi connectivity index (χ1n) is 11.3. The van der Waals surface area contributed by atoms with Gasteiger partial charge in [-0.2, -0.15) is 0 Å². The van der Waals surface area contributed by atoms with Crippen LogP contribution in [0.1, 0.15) is 16.7 Å². The topological polar surface area (TPSA) is 57.2 Å². The van der Waals surface area contributed by atoms with Crippen LogP contribution in [-0.4, -0.2) is 49.5 Å². The second-order valence-electron chi connectivity index (χ2n) is 8.97. The van der Waals surface area contributed by atoms with Crippen molar-refractivity contribution in [2.75, 3.05) is 43.9 Å². The van der Waals surface area contributed by atoms with E-state index in [9.17, 15) is 0 Å². The third-order valence-corrected chi connectivity index (χ3v) is 6.83. The van der Waals surface area contributed by atoms with Crippen LogP contribution in [0.25, 0.3) is 11.1 Å². The van der Waals surface area contributed by atoms with E-state index in [1.54, 1.807) is 0 Å². The second kappa shape index (κ2) is 7.61. The Morgan fingerprint density at radius 1 is 0.844 bits per heavy atom. The van der Waals surface area contributed by atoms with Crippen molar-refractivity contribution in [1.82, 2.24) is 4.90 Å². The molecule has 5 nitrogen and oxygen atoms in total. The maximum Gasteiger partial charge on any atom is 0.0903 e. The molecule has 3 aromatic rings. The van der Waals surface area contributed by atoms with Crippen LogP contribution in [0, 0.1) is 0 Å². The Bertz CT molecular complexity index is 1250. The quantitative estimate of drug-likeness (QED) is 0.641. The SMILES string of the molecule is CN1CCN(c2cccc3c2N=C(C2=NCc4cc(-c5ccc(N)cc5)ccc42)C3)CC1. The highest BCUT2D eigenvalue weighted by Crippen LogP contribution is 2.39. The number of rotatable bonds is 3. The first-order chi connectivity index (χ1) is 15.7. The van der Waals surface area contributed by atoms with Crippen molar-refractivity contribution in [1.29, 1.82) is 0 Å². The number of nitrogens with two attached hydrogens (primary N) is 1. The number of benzene rings is 3. The minimum Gasteiger partial charge on any atom is -0.399 e. The van der Waals surface area contributed by atoms with E-state index in [-0.39, 0.29) is 0 Å². The highest BCUT2D eigenvalue weighted by molar-refractivity contribution is 6.50. The van der Waals surface area contributed by atoms with Gasteiger partial charge in [0.05, 0.1) is 29.3 Å².